The maximum absolute atomic E-state index is 12.3. The lowest BCUT2D eigenvalue weighted by atomic mass is 10.2. The number of ether oxygens (including phenoxy) is 3. The van der Waals surface area contributed by atoms with Crippen molar-refractivity contribution in [1.82, 2.24) is 0 Å². The van der Waals surface area contributed by atoms with Gasteiger partial charge in [-0.2, -0.15) is 0 Å². The van der Waals surface area contributed by atoms with Crippen LogP contribution in [0.15, 0.2) is 42.5 Å². The molecule has 2 aromatic rings. The van der Waals surface area contributed by atoms with Gasteiger partial charge in [-0.3, -0.25) is 14.9 Å². The molecule has 2 rings (SSSR count). The Bertz CT molecular complexity index is 760. The minimum Gasteiger partial charge on any atom is -0.497 e. The molecule has 25 heavy (non-hydrogen) atoms. The monoisotopic (exact) mass is 346 g/mol. The summed E-state index contributed by atoms with van der Waals surface area (Å²) in [6, 6.07) is 10.9. The van der Waals surface area contributed by atoms with Gasteiger partial charge in [0, 0.05) is 0 Å². The fourth-order valence-electron chi connectivity index (χ4n) is 2.04. The normalized spacial score (nSPS) is 11.3. The molecule has 1 amide bonds. The van der Waals surface area contributed by atoms with Crippen LogP contribution in [-0.4, -0.2) is 31.2 Å². The van der Waals surface area contributed by atoms with E-state index in [4.69, 9.17) is 14.2 Å². The maximum atomic E-state index is 12.3. The summed E-state index contributed by atoms with van der Waals surface area (Å²) >= 11 is 0. The summed E-state index contributed by atoms with van der Waals surface area (Å²) in [6.45, 7) is 1.55. The number of nitrogens with one attached hydrogen (secondary N) is 1. The van der Waals surface area contributed by atoms with E-state index in [2.05, 4.69) is 5.32 Å². The fraction of sp³-hybridized carbons (Fsp3) is 0.235. The first kappa shape index (κ1) is 18.1. The first-order valence-electron chi connectivity index (χ1n) is 7.38. The number of hydrogen-bond donors (Lipinski definition) is 1. The molecule has 1 unspecified atom stereocenters. The van der Waals surface area contributed by atoms with Gasteiger partial charge in [0.05, 0.1) is 25.2 Å². The number of carbonyl (C=O) groups is 1. The zero-order chi connectivity index (χ0) is 18.4. The quantitative estimate of drug-likeness (QED) is 0.611. The highest BCUT2D eigenvalue weighted by atomic mass is 16.6. The van der Waals surface area contributed by atoms with Gasteiger partial charge in [0.2, 0.25) is 0 Å². The Morgan fingerprint density at radius 3 is 2.16 bits per heavy atom. The average molecular weight is 346 g/mol. The fourth-order valence-corrected chi connectivity index (χ4v) is 2.04. The van der Waals surface area contributed by atoms with Crippen molar-refractivity contribution in [2.24, 2.45) is 0 Å². The van der Waals surface area contributed by atoms with Crippen LogP contribution >= 0.6 is 0 Å². The molecule has 1 atom stereocenters. The summed E-state index contributed by atoms with van der Waals surface area (Å²) in [5.41, 5.74) is -0.190. The molecule has 2 aromatic carbocycles. The van der Waals surface area contributed by atoms with Crippen LogP contribution in [0, 0.1) is 10.1 Å². The third-order valence-electron chi connectivity index (χ3n) is 3.40. The maximum Gasteiger partial charge on any atom is 0.296 e. The van der Waals surface area contributed by atoms with Crippen LogP contribution < -0.4 is 19.5 Å². The Labute approximate surface area is 144 Å². The number of hydrogen-bond acceptors (Lipinski definition) is 6. The van der Waals surface area contributed by atoms with Crippen molar-refractivity contribution in [3.63, 3.8) is 0 Å². The molecule has 0 bridgehead atoms. The molecule has 0 radical (unpaired) electrons. The zero-order valence-corrected chi connectivity index (χ0v) is 14.0. The number of anilines is 1. The van der Waals surface area contributed by atoms with Crippen molar-refractivity contribution in [3.05, 3.63) is 52.6 Å². The Balaban J connectivity index is 2.08. The zero-order valence-electron chi connectivity index (χ0n) is 14.0. The number of carbonyl (C=O) groups excluding carboxylic acids is 1. The molecule has 132 valence electrons. The second-order valence-corrected chi connectivity index (χ2v) is 5.07. The van der Waals surface area contributed by atoms with Crippen LogP contribution in [0.3, 0.4) is 0 Å². The summed E-state index contributed by atoms with van der Waals surface area (Å²) in [5.74, 6) is 0.960. The van der Waals surface area contributed by atoms with Gasteiger partial charge in [-0.25, -0.2) is 0 Å². The van der Waals surface area contributed by atoms with E-state index in [0.717, 1.165) is 0 Å². The first-order valence-corrected chi connectivity index (χ1v) is 7.38. The predicted molar refractivity (Wildman–Crippen MR) is 91.4 cm³/mol. The van der Waals surface area contributed by atoms with Crippen molar-refractivity contribution in [3.8, 4) is 17.2 Å². The molecule has 0 aliphatic heterocycles. The van der Waals surface area contributed by atoms with E-state index >= 15 is 0 Å². The van der Waals surface area contributed by atoms with Crippen LogP contribution in [0.5, 0.6) is 17.2 Å². The number of methoxy groups -OCH3 is 2. The first-order chi connectivity index (χ1) is 11.9. The number of amides is 1. The minimum absolute atomic E-state index is 0.0704. The van der Waals surface area contributed by atoms with Crippen molar-refractivity contribution in [2.45, 2.75) is 13.0 Å². The summed E-state index contributed by atoms with van der Waals surface area (Å²) in [6.07, 6.45) is -0.852. The summed E-state index contributed by atoms with van der Waals surface area (Å²) in [5, 5.41) is 13.6. The Kier molecular flexibility index (Phi) is 5.78. The Morgan fingerprint density at radius 2 is 1.60 bits per heavy atom. The largest absolute Gasteiger partial charge is 0.497 e. The molecule has 0 fully saturated rings. The highest BCUT2D eigenvalue weighted by molar-refractivity contribution is 5.96. The second kappa shape index (κ2) is 8.00. The molecule has 0 heterocycles. The molecule has 8 heteroatoms. The molecule has 0 aromatic heterocycles. The SMILES string of the molecule is COc1ccc(OC(C)C(=O)Nc2ccc(OC)cc2[N+](=O)[O-])cc1. The molecule has 8 nitrogen and oxygen atoms in total. The van der Waals surface area contributed by atoms with Crippen LogP contribution in [0.2, 0.25) is 0 Å². The third-order valence-corrected chi connectivity index (χ3v) is 3.40. The summed E-state index contributed by atoms with van der Waals surface area (Å²) in [4.78, 5) is 22.8. The van der Waals surface area contributed by atoms with Crippen molar-refractivity contribution < 1.29 is 23.9 Å². The number of nitro groups is 1. The van der Waals surface area contributed by atoms with Crippen molar-refractivity contribution >= 4 is 17.3 Å². The number of nitro benzene ring substituents is 1. The van der Waals surface area contributed by atoms with E-state index in [1.807, 2.05) is 0 Å². The third kappa shape index (κ3) is 4.60. The highest BCUT2D eigenvalue weighted by Gasteiger charge is 2.21. The van der Waals surface area contributed by atoms with Gasteiger partial charge >= 0.3 is 0 Å². The topological polar surface area (TPSA) is 99.9 Å². The second-order valence-electron chi connectivity index (χ2n) is 5.07. The molecule has 0 spiro atoms. The minimum atomic E-state index is -0.852. The van der Waals surface area contributed by atoms with Gasteiger partial charge in [-0.15, -0.1) is 0 Å². The smallest absolute Gasteiger partial charge is 0.296 e. The van der Waals surface area contributed by atoms with Gasteiger partial charge in [-0.1, -0.05) is 0 Å². The van der Waals surface area contributed by atoms with Crippen LogP contribution in [0.1, 0.15) is 6.92 Å². The van der Waals surface area contributed by atoms with Gasteiger partial charge in [-0.05, 0) is 43.3 Å². The van der Waals surface area contributed by atoms with Gasteiger partial charge in [0.25, 0.3) is 11.6 Å². The number of benzene rings is 2. The highest BCUT2D eigenvalue weighted by Crippen LogP contribution is 2.29. The van der Waals surface area contributed by atoms with Gasteiger partial charge in [0.1, 0.15) is 22.9 Å². The van der Waals surface area contributed by atoms with Crippen LogP contribution in [0.4, 0.5) is 11.4 Å². The van der Waals surface area contributed by atoms with E-state index in [1.54, 1.807) is 38.3 Å². The summed E-state index contributed by atoms with van der Waals surface area (Å²) in [7, 11) is 2.95. The standard InChI is InChI=1S/C17H18N2O6/c1-11(25-13-6-4-12(23-2)5-7-13)17(20)18-15-9-8-14(24-3)10-16(15)19(21)22/h4-11H,1-3H3,(H,18,20). The molecule has 0 saturated carbocycles. The van der Waals surface area contributed by atoms with Crippen LogP contribution in [0.25, 0.3) is 0 Å². The van der Waals surface area contributed by atoms with E-state index < -0.39 is 16.9 Å². The summed E-state index contributed by atoms with van der Waals surface area (Å²) < 4.78 is 15.5. The van der Waals surface area contributed by atoms with E-state index in [-0.39, 0.29) is 11.4 Å². The van der Waals surface area contributed by atoms with Crippen molar-refractivity contribution in [2.75, 3.05) is 19.5 Å². The Morgan fingerprint density at radius 1 is 1.04 bits per heavy atom. The van der Waals surface area contributed by atoms with E-state index in [1.165, 1.54) is 25.3 Å². The lowest BCUT2D eigenvalue weighted by Gasteiger charge is -2.15. The predicted octanol–water partition coefficient (Wildman–Crippen LogP) is 3.02. The molecule has 0 saturated heterocycles. The number of rotatable bonds is 7. The molecular formula is C17H18N2O6. The Hall–Kier alpha value is -3.29. The lowest BCUT2D eigenvalue weighted by molar-refractivity contribution is -0.384. The molecule has 1 N–H and O–H groups in total. The molecule has 0 aliphatic carbocycles. The molecular weight excluding hydrogens is 328 g/mol. The van der Waals surface area contributed by atoms with E-state index in [9.17, 15) is 14.9 Å². The van der Waals surface area contributed by atoms with Gasteiger partial charge in [0.15, 0.2) is 6.10 Å². The van der Waals surface area contributed by atoms with Crippen LogP contribution in [-0.2, 0) is 4.79 Å². The van der Waals surface area contributed by atoms with E-state index in [0.29, 0.717) is 17.2 Å². The molecule has 0 aliphatic rings. The average Bonchev–Trinajstić information content (AvgIpc) is 2.62. The van der Waals surface area contributed by atoms with Gasteiger partial charge < -0.3 is 19.5 Å². The lowest BCUT2D eigenvalue weighted by Crippen LogP contribution is -2.30. The number of nitrogens with zero attached hydrogens (tertiary/aromatic N) is 1. The van der Waals surface area contributed by atoms with Crippen molar-refractivity contribution in [1.29, 1.82) is 0 Å².